The van der Waals surface area contributed by atoms with Gasteiger partial charge in [0.2, 0.25) is 0 Å². The van der Waals surface area contributed by atoms with Gasteiger partial charge in [-0.3, -0.25) is 4.57 Å². The highest BCUT2D eigenvalue weighted by molar-refractivity contribution is 6.32. The molecule has 1 heterocycles. The SMILES string of the molecule is CCc1nc2cc(C(F)(F)F)c(Cl)cc2n1-c1c[c]ccc1. The van der Waals surface area contributed by atoms with E-state index in [9.17, 15) is 13.2 Å². The number of hydrogen-bond donors (Lipinski definition) is 0. The summed E-state index contributed by atoms with van der Waals surface area (Å²) in [4.78, 5) is 4.31. The molecule has 0 aliphatic rings. The number of aromatic nitrogens is 2. The molecule has 3 aromatic rings. The van der Waals surface area contributed by atoms with Gasteiger partial charge in [-0.05, 0) is 30.3 Å². The van der Waals surface area contributed by atoms with E-state index in [1.54, 1.807) is 16.7 Å². The molecule has 3 rings (SSSR count). The van der Waals surface area contributed by atoms with Crippen LogP contribution in [-0.4, -0.2) is 9.55 Å². The maximum Gasteiger partial charge on any atom is 0.417 e. The maximum absolute atomic E-state index is 13.0. The summed E-state index contributed by atoms with van der Waals surface area (Å²) < 4.78 is 40.7. The fourth-order valence-electron chi connectivity index (χ4n) is 2.41. The predicted molar refractivity (Wildman–Crippen MR) is 79.3 cm³/mol. The Bertz CT molecular complexity index is 823. The van der Waals surface area contributed by atoms with E-state index in [4.69, 9.17) is 11.6 Å². The van der Waals surface area contributed by atoms with E-state index in [2.05, 4.69) is 11.1 Å². The summed E-state index contributed by atoms with van der Waals surface area (Å²) >= 11 is 5.83. The highest BCUT2D eigenvalue weighted by Gasteiger charge is 2.34. The Balaban J connectivity index is 2.32. The van der Waals surface area contributed by atoms with Crippen molar-refractivity contribution in [3.8, 4) is 5.69 Å². The van der Waals surface area contributed by atoms with Crippen molar-refractivity contribution < 1.29 is 13.2 Å². The highest BCUT2D eigenvalue weighted by atomic mass is 35.5. The van der Waals surface area contributed by atoms with Crippen LogP contribution in [0, 0.1) is 6.07 Å². The minimum Gasteiger partial charge on any atom is -0.296 e. The van der Waals surface area contributed by atoms with E-state index in [0.717, 1.165) is 11.8 Å². The molecule has 2 aromatic carbocycles. The molecule has 0 amide bonds. The molecule has 0 saturated carbocycles. The van der Waals surface area contributed by atoms with E-state index in [1.807, 2.05) is 19.1 Å². The van der Waals surface area contributed by atoms with Crippen molar-refractivity contribution in [2.24, 2.45) is 0 Å². The summed E-state index contributed by atoms with van der Waals surface area (Å²) in [5, 5.41) is -0.330. The van der Waals surface area contributed by atoms with Crippen LogP contribution in [0.5, 0.6) is 0 Å². The number of halogens is 4. The first-order valence-corrected chi connectivity index (χ1v) is 7.04. The molecule has 0 fully saturated rings. The fraction of sp³-hybridized carbons (Fsp3) is 0.188. The van der Waals surface area contributed by atoms with Gasteiger partial charge in [-0.2, -0.15) is 13.2 Å². The van der Waals surface area contributed by atoms with Crippen molar-refractivity contribution in [2.45, 2.75) is 19.5 Å². The maximum atomic E-state index is 13.0. The number of nitrogens with zero attached hydrogens (tertiary/aromatic N) is 2. The zero-order chi connectivity index (χ0) is 15.9. The van der Waals surface area contributed by atoms with Crippen LogP contribution in [0.1, 0.15) is 18.3 Å². The third kappa shape index (κ3) is 2.46. The first-order chi connectivity index (χ1) is 10.4. The minimum atomic E-state index is -4.50. The monoisotopic (exact) mass is 323 g/mol. The Morgan fingerprint density at radius 1 is 1.32 bits per heavy atom. The fourth-order valence-corrected chi connectivity index (χ4v) is 2.68. The van der Waals surface area contributed by atoms with Crippen molar-refractivity contribution in [3.05, 3.63) is 58.9 Å². The second-order valence-electron chi connectivity index (χ2n) is 4.80. The third-order valence-corrected chi connectivity index (χ3v) is 3.70. The Morgan fingerprint density at radius 3 is 2.68 bits per heavy atom. The van der Waals surface area contributed by atoms with Crippen LogP contribution in [0.3, 0.4) is 0 Å². The number of imidazole rings is 1. The first kappa shape index (κ1) is 14.9. The van der Waals surface area contributed by atoms with Gasteiger partial charge in [-0.25, -0.2) is 4.98 Å². The van der Waals surface area contributed by atoms with Crippen LogP contribution in [0.25, 0.3) is 16.7 Å². The van der Waals surface area contributed by atoms with Crippen LogP contribution in [0.15, 0.2) is 36.4 Å². The summed E-state index contributed by atoms with van der Waals surface area (Å²) in [6.07, 6.45) is -3.91. The van der Waals surface area contributed by atoms with E-state index in [1.165, 1.54) is 6.07 Å². The summed E-state index contributed by atoms with van der Waals surface area (Å²) in [6.45, 7) is 1.90. The average molecular weight is 324 g/mol. The van der Waals surface area contributed by atoms with Gasteiger partial charge in [0, 0.05) is 12.1 Å². The van der Waals surface area contributed by atoms with Crippen molar-refractivity contribution in [2.75, 3.05) is 0 Å². The van der Waals surface area contributed by atoms with Gasteiger partial charge >= 0.3 is 6.18 Å². The lowest BCUT2D eigenvalue weighted by molar-refractivity contribution is -0.137. The molecule has 113 valence electrons. The normalized spacial score (nSPS) is 12.0. The second-order valence-corrected chi connectivity index (χ2v) is 5.20. The van der Waals surface area contributed by atoms with Crippen molar-refractivity contribution >= 4 is 22.6 Å². The molecule has 0 unspecified atom stereocenters. The zero-order valence-corrected chi connectivity index (χ0v) is 12.3. The lowest BCUT2D eigenvalue weighted by Gasteiger charge is -2.10. The van der Waals surface area contributed by atoms with Gasteiger partial charge in [0.05, 0.1) is 21.6 Å². The van der Waals surface area contributed by atoms with Gasteiger partial charge in [0.1, 0.15) is 5.82 Å². The molecule has 1 aromatic heterocycles. The van der Waals surface area contributed by atoms with Gasteiger partial charge in [-0.1, -0.05) is 30.7 Å². The van der Waals surface area contributed by atoms with Crippen molar-refractivity contribution in [1.82, 2.24) is 9.55 Å². The molecule has 0 bridgehead atoms. The van der Waals surface area contributed by atoms with Gasteiger partial charge in [0.25, 0.3) is 0 Å². The molecule has 6 heteroatoms. The Hall–Kier alpha value is -2.01. The quantitative estimate of drug-likeness (QED) is 0.644. The molecule has 0 saturated heterocycles. The molecule has 2 nitrogen and oxygen atoms in total. The number of rotatable bonds is 2. The van der Waals surface area contributed by atoms with Crippen LogP contribution in [0.4, 0.5) is 13.2 Å². The molecule has 1 radical (unpaired) electrons. The number of fused-ring (bicyclic) bond motifs is 1. The summed E-state index contributed by atoms with van der Waals surface area (Å²) in [5.74, 6) is 0.671. The van der Waals surface area contributed by atoms with E-state index < -0.39 is 11.7 Å². The molecule has 0 aliphatic carbocycles. The van der Waals surface area contributed by atoms with Gasteiger partial charge in [-0.15, -0.1) is 0 Å². The smallest absolute Gasteiger partial charge is 0.296 e. The standard InChI is InChI=1S/C16H11ClF3N2/c1-2-15-21-13-8-11(16(18,19)20)12(17)9-14(13)22(15)10-6-4-3-5-7-10/h3-4,6-9H,2H2,1H3. The summed E-state index contributed by atoms with van der Waals surface area (Å²) in [5.41, 5.74) is 0.748. The van der Waals surface area contributed by atoms with Crippen LogP contribution < -0.4 is 0 Å². The molecule has 0 aliphatic heterocycles. The van der Waals surface area contributed by atoms with Crippen LogP contribution >= 0.6 is 11.6 Å². The lowest BCUT2D eigenvalue weighted by Crippen LogP contribution is -2.06. The molecule has 0 spiro atoms. The largest absolute Gasteiger partial charge is 0.417 e. The van der Waals surface area contributed by atoms with Gasteiger partial charge < -0.3 is 0 Å². The number of alkyl halides is 3. The molecule has 0 atom stereocenters. The van der Waals surface area contributed by atoms with Crippen molar-refractivity contribution in [3.63, 3.8) is 0 Å². The third-order valence-electron chi connectivity index (χ3n) is 3.38. The van der Waals surface area contributed by atoms with E-state index in [0.29, 0.717) is 17.8 Å². The Kier molecular flexibility index (Phi) is 3.60. The number of aryl methyl sites for hydroxylation is 1. The number of benzene rings is 2. The Morgan fingerprint density at radius 2 is 2.09 bits per heavy atom. The Labute approximate surface area is 130 Å². The average Bonchev–Trinajstić information content (AvgIpc) is 2.83. The zero-order valence-electron chi connectivity index (χ0n) is 11.6. The molecule has 0 N–H and O–H groups in total. The topological polar surface area (TPSA) is 17.8 Å². The first-order valence-electron chi connectivity index (χ1n) is 6.66. The van der Waals surface area contributed by atoms with Crippen LogP contribution in [-0.2, 0) is 12.6 Å². The highest BCUT2D eigenvalue weighted by Crippen LogP contribution is 2.37. The van der Waals surface area contributed by atoms with Crippen LogP contribution in [0.2, 0.25) is 5.02 Å². The summed E-state index contributed by atoms with van der Waals surface area (Å²) in [6, 6.07) is 12.4. The molecular weight excluding hydrogens is 313 g/mol. The number of hydrogen-bond acceptors (Lipinski definition) is 1. The second kappa shape index (κ2) is 5.32. The lowest BCUT2D eigenvalue weighted by atomic mass is 10.2. The van der Waals surface area contributed by atoms with E-state index in [-0.39, 0.29) is 10.5 Å². The minimum absolute atomic E-state index is 0.275. The van der Waals surface area contributed by atoms with Crippen molar-refractivity contribution in [1.29, 1.82) is 0 Å². The molecule has 22 heavy (non-hydrogen) atoms. The molecular formula is C16H11ClF3N2. The summed E-state index contributed by atoms with van der Waals surface area (Å²) in [7, 11) is 0. The van der Waals surface area contributed by atoms with Gasteiger partial charge in [0.15, 0.2) is 0 Å². The predicted octanol–water partition coefficient (Wildman–Crippen LogP) is 5.06. The van der Waals surface area contributed by atoms with E-state index >= 15 is 0 Å².